The van der Waals surface area contributed by atoms with Crippen LogP contribution in [-0.2, 0) is 10.2 Å². The SMILES string of the molecule is CC(C)C1COC(C2(c3cccc(Br)c3)CC2)=N1. The Morgan fingerprint density at radius 1 is 1.39 bits per heavy atom. The van der Waals surface area contributed by atoms with E-state index >= 15 is 0 Å². The monoisotopic (exact) mass is 307 g/mol. The fourth-order valence-corrected chi connectivity index (χ4v) is 2.93. The van der Waals surface area contributed by atoms with Gasteiger partial charge < -0.3 is 4.74 Å². The number of hydrogen-bond donors (Lipinski definition) is 0. The van der Waals surface area contributed by atoms with Crippen LogP contribution < -0.4 is 0 Å². The van der Waals surface area contributed by atoms with Gasteiger partial charge in [0.2, 0.25) is 0 Å². The highest BCUT2D eigenvalue weighted by Crippen LogP contribution is 2.51. The summed E-state index contributed by atoms with van der Waals surface area (Å²) in [6.45, 7) is 5.17. The van der Waals surface area contributed by atoms with Crippen molar-refractivity contribution >= 4 is 21.8 Å². The fraction of sp³-hybridized carbons (Fsp3) is 0.533. The van der Waals surface area contributed by atoms with Crippen LogP contribution in [0.5, 0.6) is 0 Å². The molecule has 1 heterocycles. The summed E-state index contributed by atoms with van der Waals surface area (Å²) in [6, 6.07) is 8.88. The van der Waals surface area contributed by atoms with Crippen LogP contribution in [0.4, 0.5) is 0 Å². The zero-order valence-corrected chi connectivity index (χ0v) is 12.4. The van der Waals surface area contributed by atoms with Crippen molar-refractivity contribution in [1.29, 1.82) is 0 Å². The highest BCUT2D eigenvalue weighted by atomic mass is 79.9. The van der Waals surface area contributed by atoms with Crippen LogP contribution in [0.15, 0.2) is 33.7 Å². The summed E-state index contributed by atoms with van der Waals surface area (Å²) in [5, 5.41) is 0. The molecule has 0 aromatic heterocycles. The van der Waals surface area contributed by atoms with Crippen LogP contribution in [-0.4, -0.2) is 18.5 Å². The molecule has 1 fully saturated rings. The fourth-order valence-electron chi connectivity index (χ4n) is 2.53. The molecule has 0 bridgehead atoms. The van der Waals surface area contributed by atoms with Gasteiger partial charge in [-0.05, 0) is 36.5 Å². The second-order valence-electron chi connectivity index (χ2n) is 5.65. The number of halogens is 1. The third kappa shape index (κ3) is 1.99. The van der Waals surface area contributed by atoms with Gasteiger partial charge in [0.1, 0.15) is 6.61 Å². The average Bonchev–Trinajstić information content (AvgIpc) is 2.99. The highest BCUT2D eigenvalue weighted by molar-refractivity contribution is 9.10. The summed E-state index contributed by atoms with van der Waals surface area (Å²) >= 11 is 3.55. The quantitative estimate of drug-likeness (QED) is 0.829. The van der Waals surface area contributed by atoms with E-state index in [0.29, 0.717) is 12.0 Å². The Morgan fingerprint density at radius 2 is 2.17 bits per heavy atom. The molecule has 0 saturated heterocycles. The van der Waals surface area contributed by atoms with Gasteiger partial charge >= 0.3 is 0 Å². The smallest absolute Gasteiger partial charge is 0.194 e. The van der Waals surface area contributed by atoms with Crippen molar-refractivity contribution in [1.82, 2.24) is 0 Å². The minimum atomic E-state index is 0.0768. The highest BCUT2D eigenvalue weighted by Gasteiger charge is 2.52. The summed E-state index contributed by atoms with van der Waals surface area (Å²) in [6.07, 6.45) is 2.32. The van der Waals surface area contributed by atoms with E-state index in [4.69, 9.17) is 9.73 Å². The first kappa shape index (κ1) is 12.2. The normalized spacial score (nSPS) is 24.9. The predicted molar refractivity (Wildman–Crippen MR) is 77.1 cm³/mol. The Morgan fingerprint density at radius 3 is 2.72 bits per heavy atom. The molecule has 1 aromatic rings. The van der Waals surface area contributed by atoms with Crippen LogP contribution in [0.2, 0.25) is 0 Å². The largest absolute Gasteiger partial charge is 0.478 e. The van der Waals surface area contributed by atoms with Crippen LogP contribution in [0.3, 0.4) is 0 Å². The van der Waals surface area contributed by atoms with Gasteiger partial charge in [0.05, 0.1) is 11.5 Å². The zero-order chi connectivity index (χ0) is 12.8. The van der Waals surface area contributed by atoms with Crippen molar-refractivity contribution in [3.8, 4) is 0 Å². The number of benzene rings is 1. The maximum atomic E-state index is 5.88. The van der Waals surface area contributed by atoms with Crippen molar-refractivity contribution in [3.05, 3.63) is 34.3 Å². The molecule has 0 amide bonds. The molecule has 18 heavy (non-hydrogen) atoms. The molecule has 0 radical (unpaired) electrons. The first-order valence-electron chi connectivity index (χ1n) is 6.59. The minimum Gasteiger partial charge on any atom is -0.478 e. The Kier molecular flexibility index (Phi) is 2.97. The second-order valence-corrected chi connectivity index (χ2v) is 6.56. The van der Waals surface area contributed by atoms with E-state index in [9.17, 15) is 0 Å². The molecule has 96 valence electrons. The molecule has 1 aliphatic heterocycles. The number of aliphatic imine (C=N–C) groups is 1. The molecule has 0 N–H and O–H groups in total. The average molecular weight is 308 g/mol. The van der Waals surface area contributed by atoms with E-state index in [1.807, 2.05) is 0 Å². The summed E-state index contributed by atoms with van der Waals surface area (Å²) in [4.78, 5) is 4.81. The first-order chi connectivity index (χ1) is 8.62. The van der Waals surface area contributed by atoms with Crippen LogP contribution in [0.1, 0.15) is 32.3 Å². The molecule has 1 aromatic carbocycles. The molecule has 0 spiro atoms. The summed E-state index contributed by atoms with van der Waals surface area (Å²) in [5.74, 6) is 1.53. The Balaban J connectivity index is 1.90. The third-order valence-corrected chi connectivity index (χ3v) is 4.47. The third-order valence-electron chi connectivity index (χ3n) is 3.98. The Labute approximate surface area is 117 Å². The summed E-state index contributed by atoms with van der Waals surface area (Å²) in [5.41, 5.74) is 1.41. The number of hydrogen-bond acceptors (Lipinski definition) is 2. The lowest BCUT2D eigenvalue weighted by Gasteiger charge is -2.15. The van der Waals surface area contributed by atoms with E-state index in [0.717, 1.165) is 29.8 Å². The van der Waals surface area contributed by atoms with Crippen LogP contribution in [0, 0.1) is 5.92 Å². The summed E-state index contributed by atoms with van der Waals surface area (Å²) < 4.78 is 7.01. The predicted octanol–water partition coefficient (Wildman–Crippen LogP) is 3.93. The van der Waals surface area contributed by atoms with Gasteiger partial charge in [0.15, 0.2) is 5.90 Å². The number of ether oxygens (including phenoxy) is 1. The molecule has 2 nitrogen and oxygen atoms in total. The molecule has 3 rings (SSSR count). The van der Waals surface area contributed by atoms with Crippen molar-refractivity contribution in [2.45, 2.75) is 38.1 Å². The lowest BCUT2D eigenvalue weighted by Crippen LogP contribution is -2.20. The van der Waals surface area contributed by atoms with E-state index in [1.165, 1.54) is 5.56 Å². The van der Waals surface area contributed by atoms with Crippen molar-refractivity contribution in [2.24, 2.45) is 10.9 Å². The molecular weight excluding hydrogens is 290 g/mol. The van der Waals surface area contributed by atoms with Crippen LogP contribution in [0.25, 0.3) is 0 Å². The maximum Gasteiger partial charge on any atom is 0.194 e. The van der Waals surface area contributed by atoms with E-state index in [-0.39, 0.29) is 5.41 Å². The maximum absolute atomic E-state index is 5.88. The van der Waals surface area contributed by atoms with Gasteiger partial charge in [0, 0.05) is 4.47 Å². The lowest BCUT2D eigenvalue weighted by molar-refractivity contribution is 0.281. The van der Waals surface area contributed by atoms with Gasteiger partial charge in [-0.25, -0.2) is 4.99 Å². The number of rotatable bonds is 3. The topological polar surface area (TPSA) is 21.6 Å². The van der Waals surface area contributed by atoms with Gasteiger partial charge in [-0.2, -0.15) is 0 Å². The van der Waals surface area contributed by atoms with E-state index < -0.39 is 0 Å². The molecule has 1 unspecified atom stereocenters. The Bertz CT molecular complexity index is 491. The molecule has 1 atom stereocenters. The standard InChI is InChI=1S/C15H18BrNO/c1-10(2)13-9-18-14(17-13)15(6-7-15)11-4-3-5-12(16)8-11/h3-5,8,10,13H,6-7,9H2,1-2H3. The molecule has 2 aliphatic rings. The molecule has 3 heteroatoms. The van der Waals surface area contributed by atoms with Crippen molar-refractivity contribution in [2.75, 3.05) is 6.61 Å². The second kappa shape index (κ2) is 4.37. The van der Waals surface area contributed by atoms with Gasteiger partial charge in [-0.1, -0.05) is 41.9 Å². The van der Waals surface area contributed by atoms with Crippen molar-refractivity contribution < 1.29 is 4.74 Å². The van der Waals surface area contributed by atoms with Gasteiger partial charge in [0.25, 0.3) is 0 Å². The van der Waals surface area contributed by atoms with E-state index in [1.54, 1.807) is 0 Å². The zero-order valence-electron chi connectivity index (χ0n) is 10.8. The van der Waals surface area contributed by atoms with Crippen LogP contribution >= 0.6 is 15.9 Å². The molecular formula is C15H18BrNO. The lowest BCUT2D eigenvalue weighted by atomic mass is 9.96. The van der Waals surface area contributed by atoms with E-state index in [2.05, 4.69) is 54.0 Å². The van der Waals surface area contributed by atoms with Gasteiger partial charge in [-0.3, -0.25) is 0 Å². The minimum absolute atomic E-state index is 0.0768. The summed E-state index contributed by atoms with van der Waals surface area (Å²) in [7, 11) is 0. The number of nitrogens with zero attached hydrogens (tertiary/aromatic N) is 1. The first-order valence-corrected chi connectivity index (χ1v) is 7.38. The Hall–Kier alpha value is -0.830. The van der Waals surface area contributed by atoms with Crippen molar-refractivity contribution in [3.63, 3.8) is 0 Å². The molecule has 1 aliphatic carbocycles. The molecule has 1 saturated carbocycles. The van der Waals surface area contributed by atoms with Gasteiger partial charge in [-0.15, -0.1) is 0 Å².